The lowest BCUT2D eigenvalue weighted by atomic mass is 10.1. The van der Waals surface area contributed by atoms with Gasteiger partial charge in [0.1, 0.15) is 5.82 Å². The number of amides is 1. The van der Waals surface area contributed by atoms with Crippen molar-refractivity contribution in [1.29, 1.82) is 0 Å². The number of para-hydroxylation sites is 1. The number of rotatable bonds is 6. The number of benzene rings is 2. The van der Waals surface area contributed by atoms with Crippen LogP contribution in [0.25, 0.3) is 0 Å². The molecule has 1 aliphatic carbocycles. The van der Waals surface area contributed by atoms with E-state index in [1.807, 2.05) is 6.07 Å². The zero-order valence-electron chi connectivity index (χ0n) is 13.8. The first-order valence-corrected chi connectivity index (χ1v) is 7.90. The van der Waals surface area contributed by atoms with E-state index in [2.05, 4.69) is 0 Å². The molecule has 2 aromatic carbocycles. The van der Waals surface area contributed by atoms with Crippen molar-refractivity contribution in [2.75, 3.05) is 14.2 Å². The van der Waals surface area contributed by atoms with Gasteiger partial charge in [0.2, 0.25) is 0 Å². The van der Waals surface area contributed by atoms with Crippen molar-refractivity contribution in [2.45, 2.75) is 25.4 Å². The third-order valence-electron chi connectivity index (χ3n) is 4.12. The molecule has 1 amide bonds. The van der Waals surface area contributed by atoms with Gasteiger partial charge in [-0.2, -0.15) is 0 Å². The van der Waals surface area contributed by atoms with E-state index in [9.17, 15) is 9.18 Å². The Morgan fingerprint density at radius 3 is 2.54 bits per heavy atom. The van der Waals surface area contributed by atoms with Crippen molar-refractivity contribution in [3.05, 3.63) is 59.4 Å². The van der Waals surface area contributed by atoms with Crippen LogP contribution in [0.3, 0.4) is 0 Å². The second kappa shape index (κ2) is 6.91. The smallest absolute Gasteiger partial charge is 0.258 e. The van der Waals surface area contributed by atoms with E-state index >= 15 is 0 Å². The average Bonchev–Trinajstić information content (AvgIpc) is 3.43. The maximum absolute atomic E-state index is 13.4. The Morgan fingerprint density at radius 1 is 1.17 bits per heavy atom. The van der Waals surface area contributed by atoms with Crippen LogP contribution >= 0.6 is 0 Å². The number of methoxy groups -OCH3 is 2. The second-order valence-corrected chi connectivity index (χ2v) is 5.84. The Kier molecular flexibility index (Phi) is 4.69. The number of halogens is 1. The summed E-state index contributed by atoms with van der Waals surface area (Å²) >= 11 is 0. The van der Waals surface area contributed by atoms with Crippen molar-refractivity contribution in [3.63, 3.8) is 0 Å². The molecule has 1 aliphatic rings. The number of ether oxygens (including phenoxy) is 2. The SMILES string of the molecule is COc1cccc(C(=O)N(Cc2cccc(F)c2)C2CC2)c1OC. The molecule has 0 unspecified atom stereocenters. The molecule has 3 rings (SSSR count). The number of carbonyl (C=O) groups is 1. The minimum Gasteiger partial charge on any atom is -0.493 e. The molecule has 2 aromatic rings. The van der Waals surface area contributed by atoms with Gasteiger partial charge in [0.25, 0.3) is 5.91 Å². The van der Waals surface area contributed by atoms with Gasteiger partial charge in [-0.15, -0.1) is 0 Å². The highest BCUT2D eigenvalue weighted by Crippen LogP contribution is 2.35. The van der Waals surface area contributed by atoms with Crippen molar-refractivity contribution in [2.24, 2.45) is 0 Å². The van der Waals surface area contributed by atoms with E-state index in [4.69, 9.17) is 9.47 Å². The maximum atomic E-state index is 13.4. The Labute approximate surface area is 140 Å². The number of carbonyl (C=O) groups excluding carboxylic acids is 1. The summed E-state index contributed by atoms with van der Waals surface area (Å²) in [5, 5.41) is 0. The normalized spacial score (nSPS) is 13.5. The Balaban J connectivity index is 1.91. The molecular weight excluding hydrogens is 309 g/mol. The van der Waals surface area contributed by atoms with Gasteiger partial charge in [0.05, 0.1) is 19.8 Å². The van der Waals surface area contributed by atoms with Crippen LogP contribution in [-0.2, 0) is 6.54 Å². The van der Waals surface area contributed by atoms with Gasteiger partial charge < -0.3 is 14.4 Å². The lowest BCUT2D eigenvalue weighted by Gasteiger charge is -2.24. The summed E-state index contributed by atoms with van der Waals surface area (Å²) in [6, 6.07) is 11.8. The van der Waals surface area contributed by atoms with Crippen molar-refractivity contribution in [1.82, 2.24) is 4.90 Å². The molecule has 0 N–H and O–H groups in total. The average molecular weight is 329 g/mol. The van der Waals surface area contributed by atoms with E-state index in [1.54, 1.807) is 29.2 Å². The van der Waals surface area contributed by atoms with E-state index in [0.29, 0.717) is 23.6 Å². The number of hydrogen-bond acceptors (Lipinski definition) is 3. The largest absolute Gasteiger partial charge is 0.493 e. The monoisotopic (exact) mass is 329 g/mol. The van der Waals surface area contributed by atoms with Crippen LogP contribution in [0.5, 0.6) is 11.5 Å². The quantitative estimate of drug-likeness (QED) is 0.812. The molecule has 0 aliphatic heterocycles. The van der Waals surface area contributed by atoms with Crippen LogP contribution in [0, 0.1) is 5.82 Å². The number of hydrogen-bond donors (Lipinski definition) is 0. The van der Waals surface area contributed by atoms with Gasteiger partial charge in [-0.1, -0.05) is 18.2 Å². The van der Waals surface area contributed by atoms with Crippen LogP contribution in [0.1, 0.15) is 28.8 Å². The van der Waals surface area contributed by atoms with Gasteiger partial charge in [0, 0.05) is 12.6 Å². The molecule has 126 valence electrons. The Morgan fingerprint density at radius 2 is 1.92 bits per heavy atom. The molecule has 0 saturated heterocycles. The van der Waals surface area contributed by atoms with Crippen LogP contribution in [-0.4, -0.2) is 31.1 Å². The summed E-state index contributed by atoms with van der Waals surface area (Å²) < 4.78 is 24.1. The summed E-state index contributed by atoms with van der Waals surface area (Å²) in [5.74, 6) is 0.520. The first kappa shape index (κ1) is 16.3. The van der Waals surface area contributed by atoms with Gasteiger partial charge in [0.15, 0.2) is 11.5 Å². The summed E-state index contributed by atoms with van der Waals surface area (Å²) in [6.45, 7) is 0.377. The van der Waals surface area contributed by atoms with Gasteiger partial charge in [-0.3, -0.25) is 4.79 Å². The Hall–Kier alpha value is -2.56. The van der Waals surface area contributed by atoms with E-state index in [0.717, 1.165) is 18.4 Å². The lowest BCUT2D eigenvalue weighted by Crippen LogP contribution is -2.33. The fraction of sp³-hybridized carbons (Fsp3) is 0.316. The maximum Gasteiger partial charge on any atom is 0.258 e. The van der Waals surface area contributed by atoms with Crippen LogP contribution in [0.4, 0.5) is 4.39 Å². The zero-order chi connectivity index (χ0) is 17.1. The molecule has 1 fully saturated rings. The fourth-order valence-corrected chi connectivity index (χ4v) is 2.80. The summed E-state index contributed by atoms with van der Waals surface area (Å²) in [7, 11) is 3.06. The van der Waals surface area contributed by atoms with E-state index < -0.39 is 0 Å². The van der Waals surface area contributed by atoms with E-state index in [-0.39, 0.29) is 17.8 Å². The molecule has 0 aromatic heterocycles. The fourth-order valence-electron chi connectivity index (χ4n) is 2.80. The highest BCUT2D eigenvalue weighted by atomic mass is 19.1. The van der Waals surface area contributed by atoms with Crippen LogP contribution in [0.15, 0.2) is 42.5 Å². The highest BCUT2D eigenvalue weighted by Gasteiger charge is 2.34. The summed E-state index contributed by atoms with van der Waals surface area (Å²) in [4.78, 5) is 14.8. The van der Waals surface area contributed by atoms with Gasteiger partial charge in [-0.05, 0) is 42.7 Å². The molecular formula is C19H20FNO3. The first-order valence-electron chi connectivity index (χ1n) is 7.90. The second-order valence-electron chi connectivity index (χ2n) is 5.84. The molecule has 1 saturated carbocycles. The van der Waals surface area contributed by atoms with Crippen LogP contribution < -0.4 is 9.47 Å². The Bertz CT molecular complexity index is 743. The lowest BCUT2D eigenvalue weighted by molar-refractivity contribution is 0.0725. The minimum absolute atomic E-state index is 0.127. The molecule has 0 spiro atoms. The van der Waals surface area contributed by atoms with Crippen molar-refractivity contribution in [3.8, 4) is 11.5 Å². The first-order chi connectivity index (χ1) is 11.6. The molecule has 4 nitrogen and oxygen atoms in total. The molecule has 0 bridgehead atoms. The highest BCUT2D eigenvalue weighted by molar-refractivity contribution is 5.98. The van der Waals surface area contributed by atoms with E-state index in [1.165, 1.54) is 26.4 Å². The predicted molar refractivity (Wildman–Crippen MR) is 88.8 cm³/mol. The standard InChI is InChI=1S/C19H20FNO3/c1-23-17-8-4-7-16(18(17)24-2)19(22)21(15-9-10-15)12-13-5-3-6-14(20)11-13/h3-8,11,15H,9-10,12H2,1-2H3. The molecule has 0 radical (unpaired) electrons. The molecule has 0 heterocycles. The van der Waals surface area contributed by atoms with Gasteiger partial charge >= 0.3 is 0 Å². The summed E-state index contributed by atoms with van der Waals surface area (Å²) in [6.07, 6.45) is 1.93. The van der Waals surface area contributed by atoms with Crippen LogP contribution in [0.2, 0.25) is 0 Å². The predicted octanol–water partition coefficient (Wildman–Crippen LogP) is 3.65. The topological polar surface area (TPSA) is 38.8 Å². The van der Waals surface area contributed by atoms with Crippen molar-refractivity contribution >= 4 is 5.91 Å². The van der Waals surface area contributed by atoms with Gasteiger partial charge in [-0.25, -0.2) is 4.39 Å². The minimum atomic E-state index is -0.297. The molecule has 5 heteroatoms. The molecule has 0 atom stereocenters. The number of nitrogens with zero attached hydrogens (tertiary/aromatic N) is 1. The molecule has 24 heavy (non-hydrogen) atoms. The summed E-state index contributed by atoms with van der Waals surface area (Å²) in [5.41, 5.74) is 1.23. The third kappa shape index (κ3) is 3.35. The third-order valence-corrected chi connectivity index (χ3v) is 4.12. The van der Waals surface area contributed by atoms with Crippen molar-refractivity contribution < 1.29 is 18.7 Å². The zero-order valence-corrected chi connectivity index (χ0v) is 13.8.